The Kier molecular flexibility index (Phi) is 5.15. The molecule has 2 aromatic carbocycles. The molecule has 0 saturated carbocycles. The highest BCUT2D eigenvalue weighted by Crippen LogP contribution is 2.49. The molecule has 2 N–H and O–H groups in total. The Morgan fingerprint density at radius 3 is 2.72 bits per heavy atom. The Morgan fingerprint density at radius 2 is 2.03 bits per heavy atom. The average Bonchev–Trinajstić information content (AvgIpc) is 3.17. The molecule has 0 amide bonds. The zero-order valence-corrected chi connectivity index (χ0v) is 17.7. The number of nitrogens with zero attached hydrogens (tertiary/aromatic N) is 1. The Morgan fingerprint density at radius 1 is 1.28 bits per heavy atom. The van der Waals surface area contributed by atoms with Crippen LogP contribution < -0.4 is 29.4 Å². The summed E-state index contributed by atoms with van der Waals surface area (Å²) in [5, 5.41) is 9.79. The molecule has 0 unspecified atom stereocenters. The van der Waals surface area contributed by atoms with E-state index in [1.54, 1.807) is 19.3 Å². The van der Waals surface area contributed by atoms with Crippen LogP contribution in [-0.4, -0.2) is 20.5 Å². The standard InChI is InChI=1S/C21H17IN2O5/c1-3-4-26-20-14(22)5-11(6-18(20)25-2)19-12-7-16-17(28-10-27-16)8-15(12)29-21(24)13(19)9-23/h3,5-8,19H,1,4,10,24H2,2H3/t19-/m1/s1. The molecule has 1 atom stereocenters. The zero-order valence-electron chi connectivity index (χ0n) is 15.5. The minimum absolute atomic E-state index is 0.0600. The smallest absolute Gasteiger partial charge is 0.231 e. The largest absolute Gasteiger partial charge is 0.493 e. The lowest BCUT2D eigenvalue weighted by Gasteiger charge is -2.27. The summed E-state index contributed by atoms with van der Waals surface area (Å²) < 4.78 is 28.8. The van der Waals surface area contributed by atoms with Gasteiger partial charge in [-0.25, -0.2) is 0 Å². The first-order chi connectivity index (χ1) is 14.1. The van der Waals surface area contributed by atoms with E-state index < -0.39 is 5.92 Å². The molecule has 2 heterocycles. The number of hydrogen-bond donors (Lipinski definition) is 1. The maximum absolute atomic E-state index is 9.79. The molecule has 8 heteroatoms. The summed E-state index contributed by atoms with van der Waals surface area (Å²) >= 11 is 2.18. The lowest BCUT2D eigenvalue weighted by molar-refractivity contribution is 0.174. The van der Waals surface area contributed by atoms with Gasteiger partial charge in [0.1, 0.15) is 24.0 Å². The Labute approximate surface area is 181 Å². The maximum Gasteiger partial charge on any atom is 0.231 e. The van der Waals surface area contributed by atoms with Crippen molar-refractivity contribution in [1.82, 2.24) is 0 Å². The van der Waals surface area contributed by atoms with Crippen molar-refractivity contribution in [2.75, 3.05) is 20.5 Å². The van der Waals surface area contributed by atoms with Gasteiger partial charge in [-0.1, -0.05) is 12.7 Å². The van der Waals surface area contributed by atoms with Gasteiger partial charge in [0.05, 0.1) is 16.6 Å². The number of fused-ring (bicyclic) bond motifs is 2. The van der Waals surface area contributed by atoms with Crippen LogP contribution in [0.5, 0.6) is 28.7 Å². The molecular weight excluding hydrogens is 487 g/mol. The highest BCUT2D eigenvalue weighted by Gasteiger charge is 2.34. The van der Waals surface area contributed by atoms with Crippen LogP contribution in [0.4, 0.5) is 0 Å². The molecule has 2 aliphatic heterocycles. The van der Waals surface area contributed by atoms with E-state index in [9.17, 15) is 5.26 Å². The normalized spacial score (nSPS) is 16.5. The monoisotopic (exact) mass is 504 g/mol. The van der Waals surface area contributed by atoms with Gasteiger partial charge in [0, 0.05) is 11.6 Å². The lowest BCUT2D eigenvalue weighted by Crippen LogP contribution is -2.21. The molecule has 0 radical (unpaired) electrons. The number of benzene rings is 2. The van der Waals surface area contributed by atoms with Gasteiger partial charge in [0.15, 0.2) is 23.0 Å². The van der Waals surface area contributed by atoms with Crippen LogP contribution in [0.15, 0.2) is 48.4 Å². The topological polar surface area (TPSA) is 96.0 Å². The molecule has 0 aliphatic carbocycles. The van der Waals surface area contributed by atoms with Crippen molar-refractivity contribution < 1.29 is 23.7 Å². The molecule has 7 nitrogen and oxygen atoms in total. The molecule has 29 heavy (non-hydrogen) atoms. The number of nitriles is 1. The van der Waals surface area contributed by atoms with E-state index in [1.165, 1.54) is 0 Å². The van der Waals surface area contributed by atoms with E-state index >= 15 is 0 Å². The summed E-state index contributed by atoms with van der Waals surface area (Å²) in [6.07, 6.45) is 1.66. The SMILES string of the molecule is C=CCOc1c(I)cc([C@H]2C(C#N)=C(N)Oc3cc4c(cc32)OCO4)cc1OC. The number of ether oxygens (including phenoxy) is 5. The van der Waals surface area contributed by atoms with Crippen LogP contribution in [-0.2, 0) is 0 Å². The molecule has 0 bridgehead atoms. The second kappa shape index (κ2) is 7.75. The van der Waals surface area contributed by atoms with Crippen LogP contribution >= 0.6 is 22.6 Å². The molecule has 2 aromatic rings. The van der Waals surface area contributed by atoms with Gasteiger partial charge in [-0.15, -0.1) is 0 Å². The fourth-order valence-corrected chi connectivity index (χ4v) is 4.16. The molecule has 0 saturated heterocycles. The van der Waals surface area contributed by atoms with E-state index in [2.05, 4.69) is 35.2 Å². The third-order valence-electron chi connectivity index (χ3n) is 4.64. The Hall–Kier alpha value is -3.06. The van der Waals surface area contributed by atoms with Crippen LogP contribution in [0.3, 0.4) is 0 Å². The van der Waals surface area contributed by atoms with Crippen molar-refractivity contribution in [3.05, 3.63) is 63.1 Å². The van der Waals surface area contributed by atoms with Crippen LogP contribution in [0.25, 0.3) is 0 Å². The predicted octanol–water partition coefficient (Wildman–Crippen LogP) is 3.81. The summed E-state index contributed by atoms with van der Waals surface area (Å²) in [6, 6.07) is 9.53. The fraction of sp³-hybridized carbons (Fsp3) is 0.190. The van der Waals surface area contributed by atoms with Crippen molar-refractivity contribution in [1.29, 1.82) is 5.26 Å². The van der Waals surface area contributed by atoms with Crippen molar-refractivity contribution in [2.45, 2.75) is 5.92 Å². The van der Waals surface area contributed by atoms with Crippen molar-refractivity contribution in [3.63, 3.8) is 0 Å². The van der Waals surface area contributed by atoms with Crippen LogP contribution in [0.2, 0.25) is 0 Å². The molecule has 0 fully saturated rings. The summed E-state index contributed by atoms with van der Waals surface area (Å²) in [6.45, 7) is 4.16. The first-order valence-electron chi connectivity index (χ1n) is 8.69. The van der Waals surface area contributed by atoms with Gasteiger partial charge in [-0.2, -0.15) is 5.26 Å². The Bertz CT molecular complexity index is 1070. The van der Waals surface area contributed by atoms with Gasteiger partial charge in [-0.05, 0) is 46.4 Å². The number of nitrogens with two attached hydrogens (primary N) is 1. The van der Waals surface area contributed by atoms with Crippen LogP contribution in [0, 0.1) is 14.9 Å². The second-order valence-corrected chi connectivity index (χ2v) is 7.46. The molecule has 2 aliphatic rings. The number of methoxy groups -OCH3 is 1. The van der Waals surface area contributed by atoms with E-state index in [0.717, 1.165) is 14.7 Å². The summed E-state index contributed by atoms with van der Waals surface area (Å²) in [7, 11) is 1.57. The Balaban J connectivity index is 1.88. The molecule has 0 aromatic heterocycles. The number of rotatable bonds is 5. The number of allylic oxidation sites excluding steroid dienone is 1. The summed E-state index contributed by atoms with van der Waals surface area (Å²) in [5.74, 6) is 2.48. The summed E-state index contributed by atoms with van der Waals surface area (Å²) in [5.41, 5.74) is 7.97. The average molecular weight is 504 g/mol. The molecule has 0 spiro atoms. The van der Waals surface area contributed by atoms with Gasteiger partial charge >= 0.3 is 0 Å². The van der Waals surface area contributed by atoms with Crippen molar-refractivity contribution in [2.24, 2.45) is 5.73 Å². The van der Waals surface area contributed by atoms with E-state index in [4.69, 9.17) is 29.4 Å². The minimum atomic E-state index is -0.450. The summed E-state index contributed by atoms with van der Waals surface area (Å²) in [4.78, 5) is 0. The van der Waals surface area contributed by atoms with Crippen molar-refractivity contribution >= 4 is 22.6 Å². The van der Waals surface area contributed by atoms with Gasteiger partial charge in [0.2, 0.25) is 12.7 Å². The molecule has 148 valence electrons. The zero-order chi connectivity index (χ0) is 20.5. The lowest BCUT2D eigenvalue weighted by atomic mass is 9.83. The van der Waals surface area contributed by atoms with Gasteiger partial charge in [-0.3, -0.25) is 0 Å². The van der Waals surface area contributed by atoms with Gasteiger partial charge in [0.25, 0.3) is 0 Å². The minimum Gasteiger partial charge on any atom is -0.493 e. The molecular formula is C21H17IN2O5. The van der Waals surface area contributed by atoms with E-state index in [-0.39, 0.29) is 12.7 Å². The maximum atomic E-state index is 9.79. The number of hydrogen-bond acceptors (Lipinski definition) is 7. The quantitative estimate of drug-likeness (QED) is 0.489. The van der Waals surface area contributed by atoms with E-state index in [1.807, 2.05) is 18.2 Å². The predicted molar refractivity (Wildman–Crippen MR) is 113 cm³/mol. The number of halogens is 1. The first kappa shape index (κ1) is 19.3. The highest BCUT2D eigenvalue weighted by atomic mass is 127. The van der Waals surface area contributed by atoms with Crippen molar-refractivity contribution in [3.8, 4) is 34.8 Å². The third kappa shape index (κ3) is 3.31. The molecule has 4 rings (SSSR count). The third-order valence-corrected chi connectivity index (χ3v) is 5.44. The van der Waals surface area contributed by atoms with E-state index in [0.29, 0.717) is 40.9 Å². The fourth-order valence-electron chi connectivity index (χ4n) is 3.38. The first-order valence-corrected chi connectivity index (χ1v) is 9.77. The highest BCUT2D eigenvalue weighted by molar-refractivity contribution is 14.1. The van der Waals surface area contributed by atoms with Gasteiger partial charge < -0.3 is 29.4 Å². The van der Waals surface area contributed by atoms with Crippen LogP contribution in [0.1, 0.15) is 17.0 Å². The second-order valence-electron chi connectivity index (χ2n) is 6.30.